The van der Waals surface area contributed by atoms with E-state index in [2.05, 4.69) is 43.0 Å². The summed E-state index contributed by atoms with van der Waals surface area (Å²) in [4.78, 5) is 3.25. The van der Waals surface area contributed by atoms with Crippen LogP contribution in [0.3, 0.4) is 0 Å². The molecule has 0 aromatic heterocycles. The molecule has 0 spiro atoms. The summed E-state index contributed by atoms with van der Waals surface area (Å²) in [7, 11) is 0. The normalized spacial score (nSPS) is 21.2. The molecule has 1 aliphatic heterocycles. The van der Waals surface area contributed by atoms with Crippen LogP contribution in [0.5, 0.6) is 0 Å². The van der Waals surface area contributed by atoms with Crippen molar-refractivity contribution in [3.63, 3.8) is 0 Å². The van der Waals surface area contributed by atoms with Crippen molar-refractivity contribution in [2.45, 2.75) is 18.8 Å². The molecule has 2 rings (SSSR count). The monoisotopic (exact) mass is 227 g/mol. The van der Waals surface area contributed by atoms with Crippen molar-refractivity contribution in [1.29, 1.82) is 0 Å². The van der Waals surface area contributed by atoms with Crippen LogP contribution in [0.1, 0.15) is 13.8 Å². The number of nitrogens with zero attached hydrogens (tertiary/aromatic N) is 1. The fraction of sp³-hybridized carbons (Fsp3) is 0.400. The number of anilines is 1. The van der Waals surface area contributed by atoms with E-state index in [4.69, 9.17) is 0 Å². The summed E-state index contributed by atoms with van der Waals surface area (Å²) in [5.74, 6) is 0. The molecule has 1 aromatic carbocycles. The molecule has 0 N–H and O–H groups in total. The summed E-state index contributed by atoms with van der Waals surface area (Å²) in [6, 6.07) is 8.79. The first-order valence-electron chi connectivity index (χ1n) is 4.35. The van der Waals surface area contributed by atoms with Crippen LogP contribution in [0.25, 0.3) is 0 Å². The van der Waals surface area contributed by atoms with E-state index in [1.165, 1.54) is 5.69 Å². The van der Waals surface area contributed by atoms with Crippen LogP contribution in [-0.4, -0.2) is 26.4 Å². The average molecular weight is 226 g/mol. The third kappa shape index (κ3) is 1.16. The standard InChI is InChI=1S/C10H13NSe/c1-3-11-8(2)12-10-7-5-4-6-9(10)11/h4-8H,3H2,1-2H3. The van der Waals surface area contributed by atoms with E-state index in [-0.39, 0.29) is 0 Å². The summed E-state index contributed by atoms with van der Waals surface area (Å²) in [5, 5.41) is 0. The molecule has 1 unspecified atom stereocenters. The first-order chi connectivity index (χ1) is 5.83. The molecule has 1 aliphatic rings. The fourth-order valence-electron chi connectivity index (χ4n) is 1.66. The molecule has 12 heavy (non-hydrogen) atoms. The van der Waals surface area contributed by atoms with E-state index in [0.29, 0.717) is 15.0 Å². The van der Waals surface area contributed by atoms with Crippen LogP contribution in [-0.2, 0) is 0 Å². The van der Waals surface area contributed by atoms with E-state index in [1.807, 2.05) is 0 Å². The molecular weight excluding hydrogens is 213 g/mol. The van der Waals surface area contributed by atoms with Gasteiger partial charge in [-0.15, -0.1) is 0 Å². The number of hydrogen-bond acceptors (Lipinski definition) is 1. The average Bonchev–Trinajstić information content (AvgIpc) is 2.40. The Kier molecular flexibility index (Phi) is 2.12. The third-order valence-electron chi connectivity index (χ3n) is 2.25. The van der Waals surface area contributed by atoms with Gasteiger partial charge in [0.05, 0.1) is 0 Å². The van der Waals surface area contributed by atoms with Gasteiger partial charge in [-0.3, -0.25) is 0 Å². The Hall–Kier alpha value is -0.461. The number of rotatable bonds is 1. The molecule has 0 saturated carbocycles. The summed E-state index contributed by atoms with van der Waals surface area (Å²) >= 11 is 0.659. The van der Waals surface area contributed by atoms with Gasteiger partial charge in [0.1, 0.15) is 0 Å². The second-order valence-electron chi connectivity index (χ2n) is 2.97. The molecule has 0 bridgehead atoms. The van der Waals surface area contributed by atoms with Gasteiger partial charge in [-0.1, -0.05) is 0 Å². The zero-order chi connectivity index (χ0) is 8.55. The van der Waals surface area contributed by atoms with Crippen LogP contribution in [0.2, 0.25) is 0 Å². The van der Waals surface area contributed by atoms with Gasteiger partial charge in [-0.25, -0.2) is 0 Å². The van der Waals surface area contributed by atoms with Crippen molar-refractivity contribution in [2.75, 3.05) is 11.4 Å². The van der Waals surface area contributed by atoms with Crippen molar-refractivity contribution in [1.82, 2.24) is 0 Å². The van der Waals surface area contributed by atoms with Crippen molar-refractivity contribution in [3.05, 3.63) is 24.3 Å². The Bertz CT molecular complexity index is 285. The van der Waals surface area contributed by atoms with Gasteiger partial charge >= 0.3 is 79.6 Å². The minimum atomic E-state index is 0.659. The zero-order valence-electron chi connectivity index (χ0n) is 7.45. The Morgan fingerprint density at radius 2 is 2.17 bits per heavy atom. The maximum absolute atomic E-state index is 2.50. The first-order valence-corrected chi connectivity index (χ1v) is 6.20. The second kappa shape index (κ2) is 3.12. The Balaban J connectivity index is 2.40. The van der Waals surface area contributed by atoms with Gasteiger partial charge in [0.2, 0.25) is 0 Å². The molecule has 0 radical (unpaired) electrons. The molecule has 1 heterocycles. The predicted molar refractivity (Wildman–Crippen MR) is 54.3 cm³/mol. The van der Waals surface area contributed by atoms with Crippen molar-refractivity contribution >= 4 is 25.1 Å². The van der Waals surface area contributed by atoms with Crippen LogP contribution >= 0.6 is 0 Å². The van der Waals surface area contributed by atoms with Gasteiger partial charge in [0.25, 0.3) is 0 Å². The Morgan fingerprint density at radius 1 is 1.42 bits per heavy atom. The molecule has 64 valence electrons. The van der Waals surface area contributed by atoms with Gasteiger partial charge in [0, 0.05) is 0 Å². The van der Waals surface area contributed by atoms with Crippen molar-refractivity contribution < 1.29 is 0 Å². The van der Waals surface area contributed by atoms with Crippen LogP contribution in [0.15, 0.2) is 24.3 Å². The van der Waals surface area contributed by atoms with Gasteiger partial charge in [0.15, 0.2) is 0 Å². The van der Waals surface area contributed by atoms with E-state index in [0.717, 1.165) is 11.5 Å². The van der Waals surface area contributed by atoms with E-state index in [1.54, 1.807) is 4.46 Å². The number of para-hydroxylation sites is 1. The Labute approximate surface area is 79.9 Å². The van der Waals surface area contributed by atoms with E-state index in [9.17, 15) is 0 Å². The predicted octanol–water partition coefficient (Wildman–Crippen LogP) is 1.20. The van der Waals surface area contributed by atoms with Crippen LogP contribution in [0.4, 0.5) is 5.69 Å². The van der Waals surface area contributed by atoms with Gasteiger partial charge in [-0.05, 0) is 0 Å². The fourth-order valence-corrected chi connectivity index (χ4v) is 4.23. The topological polar surface area (TPSA) is 3.24 Å². The molecule has 1 aromatic rings. The number of benzene rings is 1. The van der Waals surface area contributed by atoms with Crippen LogP contribution < -0.4 is 9.36 Å². The maximum atomic E-state index is 2.50. The molecule has 0 aliphatic carbocycles. The number of hydrogen-bond donors (Lipinski definition) is 0. The molecule has 2 heteroatoms. The van der Waals surface area contributed by atoms with Gasteiger partial charge < -0.3 is 0 Å². The summed E-state index contributed by atoms with van der Waals surface area (Å²) in [6.07, 6.45) is 0. The molecule has 1 nitrogen and oxygen atoms in total. The molecule has 0 amide bonds. The van der Waals surface area contributed by atoms with E-state index < -0.39 is 0 Å². The summed E-state index contributed by atoms with van der Waals surface area (Å²) in [6.45, 7) is 5.69. The van der Waals surface area contributed by atoms with Crippen LogP contribution in [0, 0.1) is 0 Å². The molecule has 0 fully saturated rings. The number of fused-ring (bicyclic) bond motifs is 1. The van der Waals surface area contributed by atoms with E-state index >= 15 is 0 Å². The molecule has 0 saturated heterocycles. The summed E-state index contributed by atoms with van der Waals surface area (Å²) < 4.78 is 1.57. The van der Waals surface area contributed by atoms with Gasteiger partial charge in [-0.2, -0.15) is 0 Å². The quantitative estimate of drug-likeness (QED) is 0.650. The van der Waals surface area contributed by atoms with Crippen molar-refractivity contribution in [3.8, 4) is 0 Å². The second-order valence-corrected chi connectivity index (χ2v) is 5.82. The first kappa shape index (κ1) is 8.15. The van der Waals surface area contributed by atoms with Crippen molar-refractivity contribution in [2.24, 2.45) is 0 Å². The zero-order valence-corrected chi connectivity index (χ0v) is 9.16. The summed E-state index contributed by atoms with van der Waals surface area (Å²) in [5.41, 5.74) is 1.47. The molecular formula is C10H13NSe. The third-order valence-corrected chi connectivity index (χ3v) is 4.76. The SMILES string of the molecule is CCN1c2ccccc2[Se]C1C. The molecule has 1 atom stereocenters. The Morgan fingerprint density at radius 3 is 2.92 bits per heavy atom. The minimum absolute atomic E-state index is 0.659.